The van der Waals surface area contributed by atoms with Crippen molar-refractivity contribution < 1.29 is 4.79 Å². The molecule has 3 N–H and O–H groups in total. The highest BCUT2D eigenvalue weighted by molar-refractivity contribution is 9.10. The van der Waals surface area contributed by atoms with Gasteiger partial charge in [0.1, 0.15) is 0 Å². The third kappa shape index (κ3) is 5.98. The van der Waals surface area contributed by atoms with Crippen molar-refractivity contribution in [3.05, 3.63) is 50.6 Å². The molecule has 24 heavy (non-hydrogen) atoms. The number of halogens is 1. The Morgan fingerprint density at radius 1 is 1.29 bits per heavy atom. The monoisotopic (exact) mass is 408 g/mol. The van der Waals surface area contributed by atoms with Crippen LogP contribution in [-0.4, -0.2) is 25.5 Å². The summed E-state index contributed by atoms with van der Waals surface area (Å²) < 4.78 is 0.944. The fourth-order valence-electron chi connectivity index (χ4n) is 2.04. The van der Waals surface area contributed by atoms with E-state index in [0.29, 0.717) is 18.9 Å². The summed E-state index contributed by atoms with van der Waals surface area (Å²) in [7, 11) is 1.72. The van der Waals surface area contributed by atoms with E-state index in [1.807, 2.05) is 36.6 Å². The second kappa shape index (κ2) is 9.44. The summed E-state index contributed by atoms with van der Waals surface area (Å²) in [6, 6.07) is 9.91. The zero-order valence-electron chi connectivity index (χ0n) is 13.7. The molecule has 0 atom stereocenters. The number of guanidine groups is 1. The Kier molecular flexibility index (Phi) is 7.27. The minimum absolute atomic E-state index is 0.0302. The number of rotatable bonds is 6. The van der Waals surface area contributed by atoms with Gasteiger partial charge in [0.15, 0.2) is 5.96 Å². The van der Waals surface area contributed by atoms with Crippen LogP contribution >= 0.6 is 27.3 Å². The van der Waals surface area contributed by atoms with Gasteiger partial charge < -0.3 is 16.0 Å². The van der Waals surface area contributed by atoms with E-state index < -0.39 is 0 Å². The second-order valence-electron chi connectivity index (χ2n) is 5.19. The highest BCUT2D eigenvalue weighted by Crippen LogP contribution is 2.20. The summed E-state index contributed by atoms with van der Waals surface area (Å²) >= 11 is 5.11. The van der Waals surface area contributed by atoms with Gasteiger partial charge in [-0.3, -0.25) is 9.79 Å². The zero-order chi connectivity index (χ0) is 17.4. The van der Waals surface area contributed by atoms with Crippen molar-refractivity contribution in [2.45, 2.75) is 19.9 Å². The van der Waals surface area contributed by atoms with Crippen molar-refractivity contribution in [1.82, 2.24) is 10.6 Å². The minimum Gasteiger partial charge on any atom is -0.356 e. The van der Waals surface area contributed by atoms with E-state index in [1.165, 1.54) is 4.88 Å². The van der Waals surface area contributed by atoms with E-state index >= 15 is 0 Å². The minimum atomic E-state index is -0.0302. The Morgan fingerprint density at radius 3 is 2.83 bits per heavy atom. The van der Waals surface area contributed by atoms with E-state index in [1.54, 1.807) is 18.4 Å². The normalized spacial score (nSPS) is 11.2. The number of anilines is 1. The highest BCUT2D eigenvalue weighted by atomic mass is 79.9. The van der Waals surface area contributed by atoms with Crippen molar-refractivity contribution in [3.8, 4) is 0 Å². The molecule has 0 saturated heterocycles. The predicted molar refractivity (Wildman–Crippen MR) is 105 cm³/mol. The second-order valence-corrected chi connectivity index (χ2v) is 7.14. The van der Waals surface area contributed by atoms with Crippen LogP contribution in [0.1, 0.15) is 16.9 Å². The van der Waals surface area contributed by atoms with Gasteiger partial charge in [0.2, 0.25) is 5.91 Å². The Morgan fingerprint density at radius 2 is 2.12 bits per heavy atom. The van der Waals surface area contributed by atoms with Gasteiger partial charge in [-0.1, -0.05) is 28.1 Å². The van der Waals surface area contributed by atoms with Gasteiger partial charge in [-0.15, -0.1) is 11.3 Å². The highest BCUT2D eigenvalue weighted by Gasteiger charge is 2.06. The van der Waals surface area contributed by atoms with Crippen molar-refractivity contribution in [2.24, 2.45) is 4.99 Å². The Balaban J connectivity index is 1.73. The quantitative estimate of drug-likeness (QED) is 0.505. The molecule has 0 unspecified atom stereocenters. The fraction of sp³-hybridized carbons (Fsp3) is 0.294. The number of aliphatic imine (C=N–C) groups is 1. The summed E-state index contributed by atoms with van der Waals surface area (Å²) in [5.41, 5.74) is 1.86. The van der Waals surface area contributed by atoms with E-state index in [9.17, 15) is 4.79 Å². The van der Waals surface area contributed by atoms with Gasteiger partial charge >= 0.3 is 0 Å². The molecule has 2 aromatic rings. The van der Waals surface area contributed by atoms with E-state index in [4.69, 9.17) is 0 Å². The first kappa shape index (κ1) is 18.5. The Hall–Kier alpha value is -1.86. The van der Waals surface area contributed by atoms with Gasteiger partial charge in [0, 0.05) is 35.1 Å². The fourth-order valence-corrected chi connectivity index (χ4v) is 3.05. The maximum absolute atomic E-state index is 12.1. The first-order valence-electron chi connectivity index (χ1n) is 7.61. The molecule has 0 spiro atoms. The smallest absolute Gasteiger partial charge is 0.226 e. The van der Waals surface area contributed by atoms with Crippen molar-refractivity contribution in [2.75, 3.05) is 18.9 Å². The average Bonchev–Trinajstić information content (AvgIpc) is 3.07. The number of nitrogens with one attached hydrogen (secondary N) is 3. The molecule has 1 aromatic carbocycles. The molecule has 1 heterocycles. The number of thiophene rings is 1. The molecule has 0 aliphatic heterocycles. The lowest BCUT2D eigenvalue weighted by Gasteiger charge is -2.12. The first-order valence-corrected chi connectivity index (χ1v) is 9.28. The number of carbonyl (C=O) groups is 1. The third-order valence-electron chi connectivity index (χ3n) is 3.35. The summed E-state index contributed by atoms with van der Waals surface area (Å²) in [6.45, 7) is 3.21. The van der Waals surface area contributed by atoms with E-state index in [0.717, 1.165) is 22.3 Å². The van der Waals surface area contributed by atoms with Gasteiger partial charge in [0.05, 0.1) is 6.54 Å². The van der Waals surface area contributed by atoms with Crippen LogP contribution in [0.3, 0.4) is 0 Å². The van der Waals surface area contributed by atoms with Crippen LogP contribution in [0.15, 0.2) is 45.2 Å². The third-order valence-corrected chi connectivity index (χ3v) is 4.72. The molecule has 2 rings (SSSR count). The number of aryl methyl sites for hydroxylation is 1. The number of benzene rings is 1. The SMILES string of the molecule is CN=C(NCCC(=O)Nc1cc(Br)ccc1C)NCc1cccs1. The van der Waals surface area contributed by atoms with Crippen LogP contribution < -0.4 is 16.0 Å². The Bertz CT molecular complexity index is 701. The number of nitrogens with zero attached hydrogens (tertiary/aromatic N) is 1. The maximum Gasteiger partial charge on any atom is 0.226 e. The molecule has 0 bridgehead atoms. The topological polar surface area (TPSA) is 65.5 Å². The van der Waals surface area contributed by atoms with E-state index in [-0.39, 0.29) is 5.91 Å². The zero-order valence-corrected chi connectivity index (χ0v) is 16.1. The Labute approximate surface area is 154 Å². The molecule has 0 saturated carbocycles. The van der Waals surface area contributed by atoms with Crippen molar-refractivity contribution >= 4 is 44.8 Å². The van der Waals surface area contributed by atoms with Gasteiger partial charge in [-0.25, -0.2) is 0 Å². The molecule has 5 nitrogen and oxygen atoms in total. The predicted octanol–water partition coefficient (Wildman–Crippen LogP) is 3.51. The van der Waals surface area contributed by atoms with Crippen LogP contribution in [0.4, 0.5) is 5.69 Å². The molecule has 1 amide bonds. The first-order chi connectivity index (χ1) is 11.6. The molecule has 7 heteroatoms. The van der Waals surface area contributed by atoms with Gasteiger partial charge in [-0.2, -0.15) is 0 Å². The van der Waals surface area contributed by atoms with Gasteiger partial charge in [-0.05, 0) is 36.1 Å². The van der Waals surface area contributed by atoms with Crippen molar-refractivity contribution in [3.63, 3.8) is 0 Å². The largest absolute Gasteiger partial charge is 0.356 e. The van der Waals surface area contributed by atoms with Gasteiger partial charge in [0.25, 0.3) is 0 Å². The molecule has 1 aromatic heterocycles. The molecular formula is C17H21BrN4OS. The average molecular weight is 409 g/mol. The standard InChI is InChI=1S/C17H21BrN4OS/c1-12-5-6-13(18)10-15(12)22-16(23)7-8-20-17(19-2)21-11-14-4-3-9-24-14/h3-6,9-10H,7-8,11H2,1-2H3,(H,22,23)(H2,19,20,21). The number of hydrogen-bond acceptors (Lipinski definition) is 3. The summed E-state index contributed by atoms with van der Waals surface area (Å²) in [4.78, 5) is 17.5. The van der Waals surface area contributed by atoms with Crippen molar-refractivity contribution in [1.29, 1.82) is 0 Å². The summed E-state index contributed by atoms with van der Waals surface area (Å²) in [6.07, 6.45) is 0.367. The molecule has 0 aliphatic carbocycles. The lowest BCUT2D eigenvalue weighted by Crippen LogP contribution is -2.38. The summed E-state index contributed by atoms with van der Waals surface area (Å²) in [5.74, 6) is 0.659. The summed E-state index contributed by atoms with van der Waals surface area (Å²) in [5, 5.41) is 11.3. The molecular weight excluding hydrogens is 388 g/mol. The lowest BCUT2D eigenvalue weighted by atomic mass is 10.2. The van der Waals surface area contributed by atoms with Crippen LogP contribution in [-0.2, 0) is 11.3 Å². The number of amides is 1. The number of carbonyl (C=O) groups excluding carboxylic acids is 1. The molecule has 128 valence electrons. The van der Waals surface area contributed by atoms with Crippen LogP contribution in [0, 0.1) is 6.92 Å². The molecule has 0 radical (unpaired) electrons. The molecule has 0 fully saturated rings. The van der Waals surface area contributed by atoms with E-state index in [2.05, 4.69) is 42.9 Å². The van der Waals surface area contributed by atoms with Crippen LogP contribution in [0.25, 0.3) is 0 Å². The van der Waals surface area contributed by atoms with Crippen LogP contribution in [0.2, 0.25) is 0 Å². The van der Waals surface area contributed by atoms with Crippen LogP contribution in [0.5, 0.6) is 0 Å². The number of hydrogen-bond donors (Lipinski definition) is 3. The maximum atomic E-state index is 12.1. The molecule has 0 aliphatic rings. The lowest BCUT2D eigenvalue weighted by molar-refractivity contribution is -0.116.